The van der Waals surface area contributed by atoms with Gasteiger partial charge in [0, 0.05) is 39.4 Å². The van der Waals surface area contributed by atoms with Gasteiger partial charge in [0.25, 0.3) is 0 Å². The van der Waals surface area contributed by atoms with E-state index in [1.54, 1.807) is 41.5 Å². The van der Waals surface area contributed by atoms with E-state index < -0.39 is 77.9 Å². The predicted molar refractivity (Wildman–Crippen MR) is 356 cm³/mol. The van der Waals surface area contributed by atoms with Gasteiger partial charge >= 0.3 is 24.0 Å². The third kappa shape index (κ3) is 49.4. The van der Waals surface area contributed by atoms with Gasteiger partial charge in [0.1, 0.15) is 50.0 Å². The summed E-state index contributed by atoms with van der Waals surface area (Å²) in [5.74, 6) is -2.91. The average Bonchev–Trinajstić information content (AvgIpc) is 2.81. The van der Waals surface area contributed by atoms with E-state index in [-0.39, 0.29) is 38.3 Å². The Kier molecular flexibility index (Phi) is 57.7. The summed E-state index contributed by atoms with van der Waals surface area (Å²) >= 11 is 0. The summed E-state index contributed by atoms with van der Waals surface area (Å²) in [6.45, 7) is 47.0. The number of nitrogens with one attached hydrogen (secondary N) is 3. The van der Waals surface area contributed by atoms with Crippen LogP contribution in [-0.2, 0) is 58.9 Å². The van der Waals surface area contributed by atoms with Gasteiger partial charge in [-0.1, -0.05) is 144 Å². The Morgan fingerprint density at radius 2 is 1.06 bits per heavy atom. The third-order valence-electron chi connectivity index (χ3n) is 12.3. The fraction of sp³-hybridized carbons (Fsp3) is 0.746. The zero-order valence-corrected chi connectivity index (χ0v) is 59.1. The van der Waals surface area contributed by atoms with Gasteiger partial charge in [0.2, 0.25) is 17.7 Å². The van der Waals surface area contributed by atoms with Crippen molar-refractivity contribution in [2.75, 3.05) is 80.8 Å². The number of aliphatic hydroxyl groups excluding tert-OH is 1. The van der Waals surface area contributed by atoms with Gasteiger partial charge in [-0.05, 0) is 134 Å². The molecule has 7 atom stereocenters. The fourth-order valence-electron chi connectivity index (χ4n) is 7.82. The molecule has 0 bridgehead atoms. The number of aliphatic carboxylic acids is 1. The number of hydrogen-bond donors (Lipinski definition) is 5. The molecule has 0 saturated heterocycles. The monoisotopic (exact) mass is 1250 g/mol. The molecular weight excluding hydrogens is 1130 g/mol. The molecule has 0 spiro atoms. The molecule has 1 aromatic rings. The van der Waals surface area contributed by atoms with Crippen molar-refractivity contribution >= 4 is 41.7 Å². The molecule has 0 saturated carbocycles. The lowest BCUT2D eigenvalue weighted by Gasteiger charge is -2.31. The molecule has 0 aliphatic carbocycles. The van der Waals surface area contributed by atoms with Crippen molar-refractivity contribution in [2.45, 2.75) is 243 Å². The minimum absolute atomic E-state index is 0.0665. The summed E-state index contributed by atoms with van der Waals surface area (Å²) < 4.78 is 26.5. The summed E-state index contributed by atoms with van der Waals surface area (Å²) in [5, 5.41) is 25.4. The molecular formula is C67H127N7O14. The summed E-state index contributed by atoms with van der Waals surface area (Å²) in [7, 11) is 6.64. The predicted octanol–water partition coefficient (Wildman–Crippen LogP) is 9.72. The first-order valence-corrected chi connectivity index (χ1v) is 31.8. The van der Waals surface area contributed by atoms with Crippen molar-refractivity contribution in [3.8, 4) is 0 Å². The van der Waals surface area contributed by atoms with E-state index in [1.807, 2.05) is 39.8 Å². The van der Waals surface area contributed by atoms with E-state index in [1.165, 1.54) is 67.8 Å². The molecule has 0 fully saturated rings. The van der Waals surface area contributed by atoms with Gasteiger partial charge in [0.15, 0.2) is 0 Å². The molecule has 0 radical (unpaired) electrons. The quantitative estimate of drug-likeness (QED) is 0.0183. The highest BCUT2D eigenvalue weighted by atomic mass is 16.6. The number of carboxylic acid groups (broad SMARTS) is 1. The van der Waals surface area contributed by atoms with Crippen LogP contribution in [-0.4, -0.2) is 212 Å². The molecule has 0 unspecified atom stereocenters. The van der Waals surface area contributed by atoms with Crippen LogP contribution in [0.5, 0.6) is 0 Å². The number of unbranched alkanes of at least 4 members (excludes halogenated alkanes) is 2. The molecule has 0 aliphatic rings. The molecule has 1 aromatic carbocycles. The van der Waals surface area contributed by atoms with E-state index in [4.69, 9.17) is 33.9 Å². The first kappa shape index (κ1) is 91.3. The van der Waals surface area contributed by atoms with Crippen molar-refractivity contribution in [1.29, 1.82) is 0 Å². The van der Waals surface area contributed by atoms with Gasteiger partial charge in [-0.2, -0.15) is 0 Å². The number of benzene rings is 1. The number of nitrogens with zero attached hydrogens (tertiary/aromatic N) is 4. The van der Waals surface area contributed by atoms with Crippen LogP contribution in [0, 0.1) is 5.92 Å². The van der Waals surface area contributed by atoms with Crippen molar-refractivity contribution in [3.63, 3.8) is 0 Å². The zero-order valence-electron chi connectivity index (χ0n) is 59.1. The van der Waals surface area contributed by atoms with E-state index in [0.717, 1.165) is 32.2 Å². The molecule has 0 heterocycles. The molecule has 0 aromatic heterocycles. The largest absolute Gasteiger partial charge is 0.480 e. The number of alkyl carbamates (subject to hydrolysis) is 1. The van der Waals surface area contributed by atoms with Crippen molar-refractivity contribution in [3.05, 3.63) is 61.2 Å². The van der Waals surface area contributed by atoms with Crippen LogP contribution >= 0.6 is 0 Å². The van der Waals surface area contributed by atoms with Crippen LogP contribution < -0.4 is 16.0 Å². The summed E-state index contributed by atoms with van der Waals surface area (Å²) in [5.41, 5.74) is 0.740. The Hall–Kier alpha value is -5.45. The highest BCUT2D eigenvalue weighted by Gasteiger charge is 2.35. The zero-order chi connectivity index (χ0) is 69.1. The Bertz CT molecular complexity index is 1980. The van der Waals surface area contributed by atoms with E-state index in [2.05, 4.69) is 127 Å². The van der Waals surface area contributed by atoms with Gasteiger partial charge in [0.05, 0.1) is 24.4 Å². The van der Waals surface area contributed by atoms with Crippen molar-refractivity contribution in [1.82, 2.24) is 35.6 Å². The minimum Gasteiger partial charge on any atom is -0.480 e. The Morgan fingerprint density at radius 1 is 0.636 bits per heavy atom. The van der Waals surface area contributed by atoms with Crippen LogP contribution in [0.4, 0.5) is 4.79 Å². The van der Waals surface area contributed by atoms with Gasteiger partial charge in [-0.3, -0.25) is 38.6 Å². The van der Waals surface area contributed by atoms with Crippen LogP contribution in [0.2, 0.25) is 0 Å². The number of aliphatic hydroxyl groups is 1. The lowest BCUT2D eigenvalue weighted by atomic mass is 10.0. The highest BCUT2D eigenvalue weighted by molar-refractivity contribution is 5.92. The summed E-state index contributed by atoms with van der Waals surface area (Å²) in [6, 6.07) is 8.85. The number of likely N-dealkylation sites (N-methyl/N-ethyl adjacent to an activating group) is 4. The second-order valence-corrected chi connectivity index (χ2v) is 23.5. The van der Waals surface area contributed by atoms with E-state index in [0.29, 0.717) is 44.2 Å². The maximum absolute atomic E-state index is 13.1. The molecule has 88 heavy (non-hydrogen) atoms. The van der Waals surface area contributed by atoms with E-state index in [9.17, 15) is 33.6 Å². The number of carbonyl (C=O) groups is 7. The third-order valence-corrected chi connectivity index (χ3v) is 12.3. The number of hydrogen-bond acceptors (Lipinski definition) is 16. The topological polar surface area (TPSA) is 255 Å². The van der Waals surface area contributed by atoms with Crippen LogP contribution in [0.1, 0.15) is 182 Å². The molecule has 5 N–H and O–H groups in total. The molecule has 1 rings (SSSR count). The Morgan fingerprint density at radius 3 is 1.34 bits per heavy atom. The van der Waals surface area contributed by atoms with Crippen LogP contribution in [0.15, 0.2) is 55.6 Å². The van der Waals surface area contributed by atoms with Gasteiger partial charge in [-0.25, -0.2) is 4.79 Å². The molecule has 514 valence electrons. The number of amides is 4. The Labute approximate surface area is 533 Å². The molecule has 21 nitrogen and oxygen atoms in total. The lowest BCUT2D eigenvalue weighted by Crippen LogP contribution is -2.57. The molecule has 21 heteroatoms. The van der Waals surface area contributed by atoms with E-state index >= 15 is 0 Å². The molecule has 4 amide bonds. The minimum atomic E-state index is -1.02. The highest BCUT2D eigenvalue weighted by Crippen LogP contribution is 2.14. The summed E-state index contributed by atoms with van der Waals surface area (Å²) in [6.07, 6.45) is 8.15. The SMILES string of the molecule is C=CCOC(=O)CN(C)C(=O)[C@@H](NC(=O)OC(C)(C)C)[C@@H](C)OCCCC.C=CCOC(=O)CN(C)C(=O)[C@@H](NC(=O)[C@H](CC(C)C)N(C)C)[C@@H](C)OCCCC.CCC.CCCc1ccccc1.CCN(C(C)C)C(C)C.CCN[C@H](C(=O)O)[C@@H](C)O. The van der Waals surface area contributed by atoms with Crippen molar-refractivity contribution in [2.24, 2.45) is 5.92 Å². The van der Waals surface area contributed by atoms with Gasteiger partial charge in [-0.15, -0.1) is 0 Å². The Balaban J connectivity index is -0.000000354. The number of esters is 2. The average molecular weight is 1250 g/mol. The second-order valence-electron chi connectivity index (χ2n) is 23.5. The number of carboxylic acids is 1. The van der Waals surface area contributed by atoms with Crippen molar-refractivity contribution < 1.29 is 67.5 Å². The van der Waals surface area contributed by atoms with Crippen LogP contribution in [0.3, 0.4) is 0 Å². The fourth-order valence-corrected chi connectivity index (χ4v) is 7.82. The van der Waals surface area contributed by atoms with Gasteiger partial charge < -0.3 is 59.6 Å². The smallest absolute Gasteiger partial charge is 0.408 e. The lowest BCUT2D eigenvalue weighted by molar-refractivity contribution is -0.150. The summed E-state index contributed by atoms with van der Waals surface area (Å²) in [4.78, 5) is 91.6. The standard InChI is InChI=1S/C22H41N3O5.C19H34N2O6.C9H12.C8H19N.C6H13NO3.C3H8/c1-9-11-13-29-17(5)20(22(28)25(8)15-19(26)30-12-10-2)23-21(27)18(24(6)7)14-16(3)4;1-8-10-12-25-14(3)16(20-18(24)27-19(4,5)6)17(23)21(7)13-15(22)26-11-9-2;1-2-6-9-7-4-3-5-8-9;1-6-9(7(2)3)8(4)5;1-3-7-5(4(2)8)6(9)10;1-3-2/h10,16-18,20H,2,9,11-15H2,1,3-8H3,(H,23,27);9,14,16H,2,8,10-13H2,1,3-7H3,(H,20,24);3-5,7-8H,2,6H2,1H3;7-8H,6H2,1-5H3;4-5,7-8H,3H2,1-2H3,(H,9,10);3H2,1-2H3/t17-,18+,20+;14-,16+;;;4-,5+;/m11..1./s1. The second kappa shape index (κ2) is 55.6. The first-order chi connectivity index (χ1) is 41.1. The number of ether oxygens (including phenoxy) is 5. The van der Waals surface area contributed by atoms with Crippen LogP contribution in [0.25, 0.3) is 0 Å². The first-order valence-electron chi connectivity index (χ1n) is 31.8. The maximum Gasteiger partial charge on any atom is 0.408 e. The number of rotatable bonds is 35. The normalized spacial score (nSPS) is 13.1. The molecule has 0 aliphatic heterocycles. The number of carbonyl (C=O) groups excluding carboxylic acids is 6. The maximum atomic E-state index is 13.1. The number of aryl methyl sites for hydroxylation is 1.